The molecule has 18 heavy (non-hydrogen) atoms. The Morgan fingerprint density at radius 2 is 1.78 bits per heavy atom. The number of nitrogens with one attached hydrogen (secondary N) is 1. The molecule has 2 aliphatic heterocycles. The largest absolute Gasteiger partial charge is 0.372 e. The Hall–Kier alpha value is -0.120. The zero-order valence-corrected chi connectivity index (χ0v) is 12.0. The third-order valence-electron chi connectivity index (χ3n) is 4.15. The van der Waals surface area contributed by atoms with E-state index < -0.39 is 0 Å². The van der Waals surface area contributed by atoms with Gasteiger partial charge in [-0.3, -0.25) is 0 Å². The molecular formula is C15H30N2O. The SMILES string of the molecule is CCCNCC1CCC(CN2CCCCCC2)O1. The van der Waals surface area contributed by atoms with Crippen LogP contribution in [-0.4, -0.2) is 49.8 Å². The van der Waals surface area contributed by atoms with E-state index in [4.69, 9.17) is 4.74 Å². The van der Waals surface area contributed by atoms with Crippen molar-refractivity contribution < 1.29 is 4.74 Å². The molecule has 0 saturated carbocycles. The van der Waals surface area contributed by atoms with E-state index in [2.05, 4.69) is 17.1 Å². The van der Waals surface area contributed by atoms with Crippen molar-refractivity contribution in [1.29, 1.82) is 0 Å². The third kappa shape index (κ3) is 4.87. The maximum absolute atomic E-state index is 6.15. The summed E-state index contributed by atoms with van der Waals surface area (Å²) in [6, 6.07) is 0. The van der Waals surface area contributed by atoms with Crippen LogP contribution in [0.1, 0.15) is 51.9 Å². The number of hydrogen-bond acceptors (Lipinski definition) is 3. The fourth-order valence-corrected chi connectivity index (χ4v) is 3.11. The second kappa shape index (κ2) is 8.13. The highest BCUT2D eigenvalue weighted by Gasteiger charge is 2.26. The van der Waals surface area contributed by atoms with Gasteiger partial charge in [0.25, 0.3) is 0 Å². The first-order valence-corrected chi connectivity index (χ1v) is 7.97. The van der Waals surface area contributed by atoms with Crippen molar-refractivity contribution in [1.82, 2.24) is 10.2 Å². The van der Waals surface area contributed by atoms with Crippen molar-refractivity contribution in [2.75, 3.05) is 32.7 Å². The lowest BCUT2D eigenvalue weighted by atomic mass is 10.2. The molecule has 0 aromatic carbocycles. The summed E-state index contributed by atoms with van der Waals surface area (Å²) >= 11 is 0. The van der Waals surface area contributed by atoms with E-state index in [0.717, 1.165) is 13.1 Å². The molecule has 2 fully saturated rings. The first-order chi connectivity index (χ1) is 8.88. The third-order valence-corrected chi connectivity index (χ3v) is 4.15. The predicted molar refractivity (Wildman–Crippen MR) is 76.0 cm³/mol. The Kier molecular flexibility index (Phi) is 6.46. The van der Waals surface area contributed by atoms with Crippen LogP contribution in [0.4, 0.5) is 0 Å². The van der Waals surface area contributed by atoms with Gasteiger partial charge in [0.1, 0.15) is 0 Å². The second-order valence-corrected chi connectivity index (χ2v) is 5.88. The van der Waals surface area contributed by atoms with E-state index in [1.54, 1.807) is 0 Å². The fourth-order valence-electron chi connectivity index (χ4n) is 3.11. The van der Waals surface area contributed by atoms with Crippen LogP contribution in [0.5, 0.6) is 0 Å². The Bertz CT molecular complexity index is 215. The van der Waals surface area contributed by atoms with Gasteiger partial charge in [0, 0.05) is 13.1 Å². The lowest BCUT2D eigenvalue weighted by Crippen LogP contribution is -2.34. The van der Waals surface area contributed by atoms with Crippen molar-refractivity contribution in [2.45, 2.75) is 64.1 Å². The monoisotopic (exact) mass is 254 g/mol. The summed E-state index contributed by atoms with van der Waals surface area (Å²) in [6.45, 7) is 8.13. The van der Waals surface area contributed by atoms with E-state index in [9.17, 15) is 0 Å². The number of likely N-dealkylation sites (tertiary alicyclic amines) is 1. The molecule has 2 aliphatic rings. The molecule has 0 aliphatic carbocycles. The smallest absolute Gasteiger partial charge is 0.0707 e. The molecule has 2 atom stereocenters. The van der Waals surface area contributed by atoms with Gasteiger partial charge in [-0.1, -0.05) is 19.8 Å². The van der Waals surface area contributed by atoms with Gasteiger partial charge in [-0.2, -0.15) is 0 Å². The highest BCUT2D eigenvalue weighted by Crippen LogP contribution is 2.21. The molecule has 2 unspecified atom stereocenters. The summed E-state index contributed by atoms with van der Waals surface area (Å²) in [5.41, 5.74) is 0. The van der Waals surface area contributed by atoms with E-state index in [1.165, 1.54) is 64.6 Å². The van der Waals surface area contributed by atoms with Crippen LogP contribution in [0, 0.1) is 0 Å². The number of nitrogens with zero attached hydrogens (tertiary/aromatic N) is 1. The molecule has 2 rings (SSSR count). The van der Waals surface area contributed by atoms with Gasteiger partial charge in [-0.25, -0.2) is 0 Å². The summed E-state index contributed by atoms with van der Waals surface area (Å²) in [4.78, 5) is 2.62. The summed E-state index contributed by atoms with van der Waals surface area (Å²) in [6.07, 6.45) is 10.3. The van der Waals surface area contributed by atoms with Gasteiger partial charge < -0.3 is 15.0 Å². The van der Waals surface area contributed by atoms with Gasteiger partial charge in [0.2, 0.25) is 0 Å². The van der Waals surface area contributed by atoms with Gasteiger partial charge in [-0.05, 0) is 51.7 Å². The predicted octanol–water partition coefficient (Wildman–Crippen LogP) is 2.41. The molecular weight excluding hydrogens is 224 g/mol. The summed E-state index contributed by atoms with van der Waals surface area (Å²) in [5, 5.41) is 3.47. The first-order valence-electron chi connectivity index (χ1n) is 7.97. The topological polar surface area (TPSA) is 24.5 Å². The molecule has 106 valence electrons. The Labute approximate surface area is 112 Å². The van der Waals surface area contributed by atoms with Gasteiger partial charge in [0.15, 0.2) is 0 Å². The Morgan fingerprint density at radius 1 is 1.06 bits per heavy atom. The minimum Gasteiger partial charge on any atom is -0.372 e. The van der Waals surface area contributed by atoms with Gasteiger partial charge in [-0.15, -0.1) is 0 Å². The van der Waals surface area contributed by atoms with Crippen molar-refractivity contribution in [2.24, 2.45) is 0 Å². The fraction of sp³-hybridized carbons (Fsp3) is 1.00. The molecule has 0 spiro atoms. The van der Waals surface area contributed by atoms with E-state index >= 15 is 0 Å². The van der Waals surface area contributed by atoms with Crippen LogP contribution in [0.2, 0.25) is 0 Å². The average molecular weight is 254 g/mol. The average Bonchev–Trinajstić information content (AvgIpc) is 2.65. The highest BCUT2D eigenvalue weighted by molar-refractivity contribution is 4.78. The maximum Gasteiger partial charge on any atom is 0.0707 e. The molecule has 3 heteroatoms. The van der Waals surface area contributed by atoms with E-state index in [0.29, 0.717) is 12.2 Å². The zero-order valence-electron chi connectivity index (χ0n) is 12.0. The molecule has 3 nitrogen and oxygen atoms in total. The first kappa shape index (κ1) is 14.3. The molecule has 0 aromatic rings. The summed E-state index contributed by atoms with van der Waals surface area (Å²) in [7, 11) is 0. The Balaban J connectivity index is 1.62. The second-order valence-electron chi connectivity index (χ2n) is 5.88. The maximum atomic E-state index is 6.15. The van der Waals surface area contributed by atoms with Crippen molar-refractivity contribution in [3.63, 3.8) is 0 Å². The number of hydrogen-bond donors (Lipinski definition) is 1. The lowest BCUT2D eigenvalue weighted by molar-refractivity contribution is 0.0241. The standard InChI is InChI=1S/C15H30N2O/c1-2-9-16-12-14-7-8-15(18-14)13-17-10-5-3-4-6-11-17/h14-16H,2-13H2,1H3. The van der Waals surface area contributed by atoms with Crippen LogP contribution < -0.4 is 5.32 Å². The minimum atomic E-state index is 0.466. The minimum absolute atomic E-state index is 0.466. The van der Waals surface area contributed by atoms with Gasteiger partial charge >= 0.3 is 0 Å². The molecule has 0 radical (unpaired) electrons. The summed E-state index contributed by atoms with van der Waals surface area (Å²) in [5.74, 6) is 0. The number of ether oxygens (including phenoxy) is 1. The van der Waals surface area contributed by atoms with Crippen LogP contribution in [0.25, 0.3) is 0 Å². The zero-order chi connectivity index (χ0) is 12.6. The highest BCUT2D eigenvalue weighted by atomic mass is 16.5. The van der Waals surface area contributed by atoms with Gasteiger partial charge in [0.05, 0.1) is 12.2 Å². The van der Waals surface area contributed by atoms with Crippen molar-refractivity contribution in [3.8, 4) is 0 Å². The lowest BCUT2D eigenvalue weighted by Gasteiger charge is -2.24. The van der Waals surface area contributed by atoms with Crippen LogP contribution in [0.3, 0.4) is 0 Å². The van der Waals surface area contributed by atoms with Crippen molar-refractivity contribution >= 4 is 0 Å². The van der Waals surface area contributed by atoms with E-state index in [1.807, 2.05) is 0 Å². The van der Waals surface area contributed by atoms with E-state index in [-0.39, 0.29) is 0 Å². The van der Waals surface area contributed by atoms with Crippen molar-refractivity contribution in [3.05, 3.63) is 0 Å². The molecule has 0 bridgehead atoms. The molecule has 0 aromatic heterocycles. The normalized spacial score (nSPS) is 30.5. The Morgan fingerprint density at radius 3 is 2.50 bits per heavy atom. The molecule has 0 amide bonds. The quantitative estimate of drug-likeness (QED) is 0.737. The van der Waals surface area contributed by atoms with Crippen LogP contribution >= 0.6 is 0 Å². The molecule has 2 saturated heterocycles. The number of rotatable bonds is 6. The van der Waals surface area contributed by atoms with Crippen LogP contribution in [-0.2, 0) is 4.74 Å². The summed E-state index contributed by atoms with van der Waals surface area (Å²) < 4.78 is 6.15. The molecule has 1 N–H and O–H groups in total. The van der Waals surface area contributed by atoms with Crippen LogP contribution in [0.15, 0.2) is 0 Å². The molecule has 2 heterocycles.